The molecule has 0 spiro atoms. The summed E-state index contributed by atoms with van der Waals surface area (Å²) in [6.45, 7) is 6.44. The molecule has 36 heavy (non-hydrogen) atoms. The number of carbonyl (C=O) groups is 1. The summed E-state index contributed by atoms with van der Waals surface area (Å²) in [7, 11) is 0. The van der Waals surface area contributed by atoms with Gasteiger partial charge in [-0.25, -0.2) is 4.98 Å². The first-order chi connectivity index (χ1) is 17.5. The Bertz CT molecular complexity index is 1370. The SMILES string of the molecule is CCN1CCN(C(=O)c2csc(CSc3nnc(-c4ccccc4Cl)n3-c3cccc(Cl)c3)n2)CC1. The summed E-state index contributed by atoms with van der Waals surface area (Å²) in [4.78, 5) is 21.8. The predicted molar refractivity (Wildman–Crippen MR) is 147 cm³/mol. The third-order valence-corrected chi connectivity index (χ3v) is 8.55. The lowest BCUT2D eigenvalue weighted by Gasteiger charge is -2.33. The van der Waals surface area contributed by atoms with Crippen LogP contribution in [0.3, 0.4) is 0 Å². The number of thioether (sulfide) groups is 1. The number of aromatic nitrogens is 4. The van der Waals surface area contributed by atoms with E-state index >= 15 is 0 Å². The molecular formula is C25H24Cl2N6OS2. The van der Waals surface area contributed by atoms with Crippen molar-refractivity contribution < 1.29 is 4.79 Å². The normalized spacial score (nSPS) is 14.4. The number of carbonyl (C=O) groups excluding carboxylic acids is 1. The zero-order valence-corrected chi connectivity index (χ0v) is 22.7. The van der Waals surface area contributed by atoms with Crippen LogP contribution in [0.4, 0.5) is 0 Å². The molecule has 0 N–H and O–H groups in total. The predicted octanol–water partition coefficient (Wildman–Crippen LogP) is 5.77. The van der Waals surface area contributed by atoms with Crippen molar-refractivity contribution in [3.63, 3.8) is 0 Å². The number of amides is 1. The zero-order valence-electron chi connectivity index (χ0n) is 19.6. The lowest BCUT2D eigenvalue weighted by atomic mass is 10.2. The molecule has 0 unspecified atom stereocenters. The number of benzene rings is 2. The smallest absolute Gasteiger partial charge is 0.273 e. The van der Waals surface area contributed by atoms with Crippen molar-refractivity contribution in [1.82, 2.24) is 29.5 Å². The molecule has 1 aliphatic rings. The summed E-state index contributed by atoms with van der Waals surface area (Å²) < 4.78 is 1.95. The van der Waals surface area contributed by atoms with Gasteiger partial charge in [0, 0.05) is 42.1 Å². The average Bonchev–Trinajstić information content (AvgIpc) is 3.55. The molecule has 1 aliphatic heterocycles. The monoisotopic (exact) mass is 558 g/mol. The van der Waals surface area contributed by atoms with Crippen LogP contribution in [0.5, 0.6) is 0 Å². The number of thiazole rings is 1. The molecule has 2 aromatic heterocycles. The molecule has 3 heterocycles. The zero-order chi connectivity index (χ0) is 25.1. The molecule has 5 rings (SSSR count). The van der Waals surface area contributed by atoms with E-state index in [1.165, 1.54) is 23.1 Å². The second-order valence-electron chi connectivity index (χ2n) is 8.24. The number of likely N-dealkylation sites (N-methyl/N-ethyl adjacent to an activating group) is 1. The van der Waals surface area contributed by atoms with Gasteiger partial charge >= 0.3 is 0 Å². The Morgan fingerprint density at radius 3 is 2.61 bits per heavy atom. The van der Waals surface area contributed by atoms with Crippen LogP contribution < -0.4 is 0 Å². The summed E-state index contributed by atoms with van der Waals surface area (Å²) in [6.07, 6.45) is 0. The van der Waals surface area contributed by atoms with E-state index in [-0.39, 0.29) is 5.91 Å². The average molecular weight is 560 g/mol. The molecule has 11 heteroatoms. The fraction of sp³-hybridized carbons (Fsp3) is 0.280. The Morgan fingerprint density at radius 1 is 1.06 bits per heavy atom. The third-order valence-electron chi connectivity index (χ3n) is 6.02. The highest BCUT2D eigenvalue weighted by Gasteiger charge is 2.24. The van der Waals surface area contributed by atoms with Gasteiger partial charge in [0.05, 0.1) is 16.5 Å². The molecule has 186 valence electrons. The Morgan fingerprint density at radius 2 is 1.86 bits per heavy atom. The van der Waals surface area contributed by atoms with Crippen molar-refractivity contribution in [2.45, 2.75) is 17.8 Å². The molecule has 1 amide bonds. The molecule has 0 saturated carbocycles. The van der Waals surface area contributed by atoms with E-state index in [9.17, 15) is 4.79 Å². The largest absolute Gasteiger partial charge is 0.335 e. The minimum atomic E-state index is 0.00125. The summed E-state index contributed by atoms with van der Waals surface area (Å²) in [5.41, 5.74) is 2.13. The number of halogens is 2. The highest BCUT2D eigenvalue weighted by atomic mass is 35.5. The van der Waals surface area contributed by atoms with Crippen LogP contribution >= 0.6 is 46.3 Å². The second-order valence-corrected chi connectivity index (χ2v) is 11.0. The summed E-state index contributed by atoms with van der Waals surface area (Å²) in [5.74, 6) is 1.19. The van der Waals surface area contributed by atoms with Crippen LogP contribution in [0.1, 0.15) is 22.4 Å². The molecule has 2 aromatic carbocycles. The fourth-order valence-corrected chi connectivity index (χ4v) is 6.20. The van der Waals surface area contributed by atoms with Gasteiger partial charge in [-0.1, -0.05) is 60.1 Å². The van der Waals surface area contributed by atoms with Crippen molar-refractivity contribution in [2.24, 2.45) is 0 Å². The highest BCUT2D eigenvalue weighted by molar-refractivity contribution is 7.98. The van der Waals surface area contributed by atoms with Gasteiger partial charge in [0.25, 0.3) is 5.91 Å². The first-order valence-electron chi connectivity index (χ1n) is 11.6. The van der Waals surface area contributed by atoms with Gasteiger partial charge in [-0.15, -0.1) is 21.5 Å². The van der Waals surface area contributed by atoms with Crippen LogP contribution in [0.2, 0.25) is 10.0 Å². The number of hydrogen-bond donors (Lipinski definition) is 0. The van der Waals surface area contributed by atoms with Crippen LogP contribution in [0.15, 0.2) is 59.1 Å². The van der Waals surface area contributed by atoms with Crippen molar-refractivity contribution in [1.29, 1.82) is 0 Å². The Balaban J connectivity index is 1.36. The number of hydrogen-bond acceptors (Lipinski definition) is 7. The van der Waals surface area contributed by atoms with Crippen LogP contribution in [-0.2, 0) is 5.75 Å². The van der Waals surface area contributed by atoms with E-state index in [1.54, 1.807) is 0 Å². The Hall–Kier alpha value is -2.43. The topological polar surface area (TPSA) is 67.2 Å². The van der Waals surface area contributed by atoms with E-state index < -0.39 is 0 Å². The highest BCUT2D eigenvalue weighted by Crippen LogP contribution is 2.34. The van der Waals surface area contributed by atoms with E-state index in [2.05, 4.69) is 27.0 Å². The van der Waals surface area contributed by atoms with Gasteiger partial charge in [-0.05, 0) is 36.9 Å². The van der Waals surface area contributed by atoms with Gasteiger partial charge in [-0.3, -0.25) is 9.36 Å². The van der Waals surface area contributed by atoms with Crippen molar-refractivity contribution in [3.05, 3.63) is 74.7 Å². The standard InChI is InChI=1S/C25H24Cl2N6OS2/c1-2-31-10-12-32(13-11-31)24(34)21-15-35-22(28-21)16-36-25-30-29-23(19-8-3-4-9-20(19)27)33(25)18-7-5-6-17(26)14-18/h3-9,14-15H,2,10-13,16H2,1H3. The fourth-order valence-electron chi connectivity index (χ4n) is 4.06. The van der Waals surface area contributed by atoms with Gasteiger partial charge in [0.1, 0.15) is 10.7 Å². The van der Waals surface area contributed by atoms with E-state index in [4.69, 9.17) is 23.2 Å². The molecule has 0 atom stereocenters. The molecule has 1 saturated heterocycles. The van der Waals surface area contributed by atoms with E-state index in [1.807, 2.05) is 63.4 Å². The van der Waals surface area contributed by atoms with Crippen molar-refractivity contribution >= 4 is 52.2 Å². The lowest BCUT2D eigenvalue weighted by Crippen LogP contribution is -2.48. The number of nitrogens with zero attached hydrogens (tertiary/aromatic N) is 6. The molecule has 1 fully saturated rings. The molecule has 0 aliphatic carbocycles. The van der Waals surface area contributed by atoms with E-state index in [0.717, 1.165) is 49.0 Å². The first-order valence-corrected chi connectivity index (χ1v) is 14.2. The summed E-state index contributed by atoms with van der Waals surface area (Å²) >= 11 is 15.8. The summed E-state index contributed by atoms with van der Waals surface area (Å²) in [6, 6.07) is 15.1. The molecule has 7 nitrogen and oxygen atoms in total. The molecule has 0 bridgehead atoms. The summed E-state index contributed by atoms with van der Waals surface area (Å²) in [5, 5.41) is 13.5. The van der Waals surface area contributed by atoms with Gasteiger partial charge < -0.3 is 9.80 Å². The van der Waals surface area contributed by atoms with Gasteiger partial charge in [0.2, 0.25) is 0 Å². The maximum Gasteiger partial charge on any atom is 0.273 e. The van der Waals surface area contributed by atoms with Crippen LogP contribution in [0.25, 0.3) is 17.1 Å². The van der Waals surface area contributed by atoms with Crippen molar-refractivity contribution in [2.75, 3.05) is 32.7 Å². The minimum absolute atomic E-state index is 0.00125. The Labute approximate surface area is 228 Å². The third kappa shape index (κ3) is 5.45. The first kappa shape index (κ1) is 25.2. The minimum Gasteiger partial charge on any atom is -0.335 e. The van der Waals surface area contributed by atoms with Gasteiger partial charge in [-0.2, -0.15) is 0 Å². The van der Waals surface area contributed by atoms with Crippen LogP contribution in [0, 0.1) is 0 Å². The van der Waals surface area contributed by atoms with Crippen molar-refractivity contribution in [3.8, 4) is 17.1 Å². The Kier molecular flexibility index (Phi) is 7.93. The molecule has 0 radical (unpaired) electrons. The quantitative estimate of drug-likeness (QED) is 0.268. The van der Waals surface area contributed by atoms with E-state index in [0.29, 0.717) is 32.5 Å². The lowest BCUT2D eigenvalue weighted by molar-refractivity contribution is 0.0638. The molecular weight excluding hydrogens is 535 g/mol. The second kappa shape index (κ2) is 11.3. The maximum absolute atomic E-state index is 12.9. The number of piperazine rings is 1. The van der Waals surface area contributed by atoms with Crippen LogP contribution in [-0.4, -0.2) is 68.2 Å². The molecule has 4 aromatic rings. The number of rotatable bonds is 7. The maximum atomic E-state index is 12.9. The van der Waals surface area contributed by atoms with Gasteiger partial charge in [0.15, 0.2) is 11.0 Å².